The number of aromatic nitrogens is 4. The van der Waals surface area contributed by atoms with Crippen molar-refractivity contribution in [2.45, 2.75) is 69.0 Å². The number of amides is 1. The standard InChI is InChI=1S/C44H53N10O7PS/c1-29(2)41(56)49-43-48-40-39(42(57)50-43)47-28-54(40)38-24-34(35(25-55)61-38)52-62(63,58-22-21-45-3)59-26-36-33(23-37(60-36)46-27-53(4)5)51-44(30-15-9-6-10-16-30,31-17-11-7-12-18-31)32-19-13-8-14-20-32/h6-20,27-29,33-38,51,55H,21-26H2,1-2,4-5H3,(H,52,63)(H2,48,49,50,56,57). The van der Waals surface area contributed by atoms with E-state index in [2.05, 4.69) is 71.9 Å². The second-order valence-electron chi connectivity index (χ2n) is 15.9. The van der Waals surface area contributed by atoms with Crippen LogP contribution in [0.15, 0.2) is 107 Å². The van der Waals surface area contributed by atoms with Crippen LogP contribution in [0.1, 0.15) is 49.6 Å². The maximum atomic E-state index is 13.0. The number of nitrogens with zero attached hydrogens (tertiary/aromatic N) is 6. The second-order valence-corrected chi connectivity index (χ2v) is 19.1. The summed E-state index contributed by atoms with van der Waals surface area (Å²) >= 11 is 6.18. The molecule has 7 rings (SSSR count). The lowest BCUT2D eigenvalue weighted by Crippen LogP contribution is -2.53. The number of aromatic amines is 1. The fraction of sp³-hybridized carbons (Fsp3) is 0.409. The summed E-state index contributed by atoms with van der Waals surface area (Å²) in [6.07, 6.45) is 1.29. The zero-order valence-corrected chi connectivity index (χ0v) is 37.2. The number of imidazole rings is 1. The minimum atomic E-state index is -3.44. The number of anilines is 1. The number of benzene rings is 3. The van der Waals surface area contributed by atoms with E-state index in [1.54, 1.807) is 24.8 Å². The lowest BCUT2D eigenvalue weighted by molar-refractivity contribution is -0.118. The van der Waals surface area contributed by atoms with Crippen LogP contribution in [0, 0.1) is 12.5 Å². The molecule has 2 aromatic heterocycles. The van der Waals surface area contributed by atoms with Gasteiger partial charge in [0.05, 0.1) is 43.6 Å². The largest absolute Gasteiger partial charge is 0.394 e. The van der Waals surface area contributed by atoms with Crippen molar-refractivity contribution in [3.05, 3.63) is 136 Å². The van der Waals surface area contributed by atoms with Crippen LogP contribution in [0.25, 0.3) is 16.0 Å². The summed E-state index contributed by atoms with van der Waals surface area (Å²) < 4.78 is 27.4. The summed E-state index contributed by atoms with van der Waals surface area (Å²) in [5.74, 6) is -0.695. The number of hydrogen-bond donors (Lipinski definition) is 5. The van der Waals surface area contributed by atoms with Gasteiger partial charge in [0.2, 0.25) is 18.4 Å². The molecule has 2 fully saturated rings. The molecule has 5 N–H and O–H groups in total. The number of rotatable bonds is 19. The molecule has 5 aromatic rings. The van der Waals surface area contributed by atoms with Gasteiger partial charge in [-0.1, -0.05) is 105 Å². The first-order valence-corrected chi connectivity index (χ1v) is 23.4. The molecule has 3 aromatic carbocycles. The van der Waals surface area contributed by atoms with Gasteiger partial charge < -0.3 is 33.4 Å². The zero-order chi connectivity index (χ0) is 44.6. The number of aliphatic hydroxyl groups excluding tert-OH is 1. The van der Waals surface area contributed by atoms with Crippen LogP contribution < -0.4 is 21.3 Å². The molecule has 0 aliphatic carbocycles. The van der Waals surface area contributed by atoms with Crippen LogP contribution >= 0.6 is 6.64 Å². The Balaban J connectivity index is 1.17. The number of carbonyl (C=O) groups is 1. The summed E-state index contributed by atoms with van der Waals surface area (Å²) in [6.45, 7) is 7.08. The van der Waals surface area contributed by atoms with Gasteiger partial charge in [-0.05, 0) is 28.5 Å². The van der Waals surface area contributed by atoms with Gasteiger partial charge in [0, 0.05) is 44.9 Å². The Morgan fingerprint density at radius 1 is 1.03 bits per heavy atom. The van der Waals surface area contributed by atoms with E-state index in [4.69, 9.17) is 41.9 Å². The molecule has 4 heterocycles. The highest BCUT2D eigenvalue weighted by Gasteiger charge is 2.46. The minimum Gasteiger partial charge on any atom is -0.394 e. The average molecular weight is 897 g/mol. The molecule has 0 spiro atoms. The van der Waals surface area contributed by atoms with E-state index < -0.39 is 48.4 Å². The van der Waals surface area contributed by atoms with Crippen molar-refractivity contribution in [1.29, 1.82) is 0 Å². The Morgan fingerprint density at radius 3 is 2.24 bits per heavy atom. The van der Waals surface area contributed by atoms with Gasteiger partial charge in [0.25, 0.3) is 12.2 Å². The molecule has 7 atom stereocenters. The molecule has 63 heavy (non-hydrogen) atoms. The lowest BCUT2D eigenvalue weighted by atomic mass is 9.76. The Morgan fingerprint density at radius 2 is 1.67 bits per heavy atom. The van der Waals surface area contributed by atoms with Crippen LogP contribution in [0.2, 0.25) is 0 Å². The molecule has 19 heteroatoms. The quantitative estimate of drug-likeness (QED) is 0.0190. The summed E-state index contributed by atoms with van der Waals surface area (Å²) in [6, 6.07) is 29.9. The highest BCUT2D eigenvalue weighted by atomic mass is 32.5. The van der Waals surface area contributed by atoms with E-state index in [0.717, 1.165) is 16.7 Å². The number of nitrogens with one attached hydrogen (secondary N) is 4. The summed E-state index contributed by atoms with van der Waals surface area (Å²) in [5.41, 5.74) is 1.98. The van der Waals surface area contributed by atoms with Gasteiger partial charge in [-0.2, -0.15) is 4.98 Å². The number of H-pyrrole nitrogens is 1. The molecule has 0 bridgehead atoms. The number of ether oxygens (including phenoxy) is 2. The minimum absolute atomic E-state index is 0.000389. The SMILES string of the molecule is [C-]#[N+]CCOP(=S)(NC1CC(n2cnc3c(=O)[nH]c(NC(=O)C(C)C)nc32)OC1CO)OCC1OC(N=CN(C)C)CC1NC(c1ccccc1)(c1ccccc1)c1ccccc1. The number of carbonyl (C=O) groups excluding carboxylic acids is 1. The third-order valence-corrected chi connectivity index (χ3v) is 13.5. The fourth-order valence-corrected chi connectivity index (χ4v) is 10.2. The first kappa shape index (κ1) is 45.8. The highest BCUT2D eigenvalue weighted by molar-refractivity contribution is 8.09. The molecule has 2 saturated heterocycles. The third kappa shape index (κ3) is 10.6. The number of aliphatic hydroxyl groups is 1. The van der Waals surface area contributed by atoms with Crippen molar-refractivity contribution >= 4 is 47.8 Å². The zero-order valence-electron chi connectivity index (χ0n) is 35.5. The molecule has 1 amide bonds. The molecule has 0 radical (unpaired) electrons. The molecule has 7 unspecified atom stereocenters. The molecule has 2 aliphatic heterocycles. The van der Waals surface area contributed by atoms with E-state index in [1.165, 1.54) is 6.33 Å². The fourth-order valence-electron chi connectivity index (χ4n) is 7.78. The first-order valence-electron chi connectivity index (χ1n) is 20.8. The van der Waals surface area contributed by atoms with Crippen molar-refractivity contribution < 1.29 is 28.4 Å². The first-order chi connectivity index (χ1) is 30.4. The van der Waals surface area contributed by atoms with Crippen molar-refractivity contribution in [3.63, 3.8) is 0 Å². The predicted octanol–water partition coefficient (Wildman–Crippen LogP) is 4.78. The average Bonchev–Trinajstić information content (AvgIpc) is 4.01. The number of hydrogen-bond acceptors (Lipinski definition) is 12. The number of aliphatic imine (C=N–C) groups is 1. The van der Waals surface area contributed by atoms with Crippen molar-refractivity contribution in [2.24, 2.45) is 10.9 Å². The summed E-state index contributed by atoms with van der Waals surface area (Å²) in [4.78, 5) is 46.8. The second kappa shape index (κ2) is 20.5. The van der Waals surface area contributed by atoms with Crippen molar-refractivity contribution in [1.82, 2.24) is 34.8 Å². The van der Waals surface area contributed by atoms with Gasteiger partial charge in [0.1, 0.15) is 12.8 Å². The molecular formula is C44H53N10O7PS. The Hall–Kier alpha value is -5.19. The van der Waals surface area contributed by atoms with E-state index >= 15 is 0 Å². The van der Waals surface area contributed by atoms with E-state index in [-0.39, 0.29) is 67.8 Å². The Bertz CT molecular complexity index is 2390. The van der Waals surface area contributed by atoms with Crippen LogP contribution in [0.3, 0.4) is 0 Å². The van der Waals surface area contributed by atoms with Gasteiger partial charge in [-0.3, -0.25) is 29.8 Å². The van der Waals surface area contributed by atoms with Crippen molar-refractivity contribution in [2.75, 3.05) is 45.8 Å². The van der Waals surface area contributed by atoms with Crippen LogP contribution in [0.5, 0.6) is 0 Å². The van der Waals surface area contributed by atoms with Crippen LogP contribution in [0.4, 0.5) is 5.95 Å². The molecule has 0 saturated carbocycles. The predicted molar refractivity (Wildman–Crippen MR) is 243 cm³/mol. The summed E-state index contributed by atoms with van der Waals surface area (Å²) in [7, 11) is 3.80. The van der Waals surface area contributed by atoms with E-state index in [1.807, 2.05) is 73.6 Å². The third-order valence-electron chi connectivity index (χ3n) is 10.8. The monoisotopic (exact) mass is 896 g/mol. The molecule has 17 nitrogen and oxygen atoms in total. The smallest absolute Gasteiger partial charge is 0.280 e. The highest BCUT2D eigenvalue weighted by Crippen LogP contribution is 2.48. The molecular weight excluding hydrogens is 844 g/mol. The van der Waals surface area contributed by atoms with Crippen LogP contribution in [-0.4, -0.2) is 113 Å². The van der Waals surface area contributed by atoms with E-state index in [0.29, 0.717) is 6.42 Å². The normalized spacial score (nSPS) is 22.4. The Labute approximate surface area is 371 Å². The lowest BCUT2D eigenvalue weighted by Gasteiger charge is -2.40. The Kier molecular flexibility index (Phi) is 14.9. The maximum Gasteiger partial charge on any atom is 0.280 e. The van der Waals surface area contributed by atoms with Gasteiger partial charge in [0.15, 0.2) is 17.4 Å². The van der Waals surface area contributed by atoms with Gasteiger partial charge in [-0.15, -0.1) is 0 Å². The molecule has 2 aliphatic rings. The summed E-state index contributed by atoms with van der Waals surface area (Å²) in [5, 5.41) is 20.6. The van der Waals surface area contributed by atoms with Crippen LogP contribution in [-0.2, 0) is 40.7 Å². The maximum absolute atomic E-state index is 13.0. The molecule has 332 valence electrons. The number of fused-ring (bicyclic) bond motifs is 1. The van der Waals surface area contributed by atoms with Gasteiger partial charge >= 0.3 is 0 Å². The van der Waals surface area contributed by atoms with E-state index in [9.17, 15) is 14.7 Å². The van der Waals surface area contributed by atoms with Crippen molar-refractivity contribution in [3.8, 4) is 0 Å². The van der Waals surface area contributed by atoms with Gasteiger partial charge in [-0.25, -0.2) is 21.6 Å². The topological polar surface area (TPSA) is 194 Å².